The van der Waals surface area contributed by atoms with Gasteiger partial charge in [0.2, 0.25) is 0 Å². The average molecular weight is 448 g/mol. The van der Waals surface area contributed by atoms with Gasteiger partial charge in [-0.1, -0.05) is 29.0 Å². The molecular formula is C21H26ClN5O2S. The second-order valence-corrected chi connectivity index (χ2v) is 8.99. The zero-order chi connectivity index (χ0) is 21.3. The third-order valence-electron chi connectivity index (χ3n) is 5.45. The minimum Gasteiger partial charge on any atom is -0.379 e. The Kier molecular flexibility index (Phi) is 6.38. The molecule has 0 radical (unpaired) electrons. The molecule has 160 valence electrons. The molecule has 1 aliphatic heterocycles. The first kappa shape index (κ1) is 21.2. The molecule has 4 rings (SSSR count). The Balaban J connectivity index is 1.63. The SMILES string of the molecule is Cc1cnn(C)c1C(=O)N(CCCN1CCOCC1)c1nc2c(C)ccc(Cl)c2s1. The Morgan fingerprint density at radius 3 is 2.70 bits per heavy atom. The summed E-state index contributed by atoms with van der Waals surface area (Å²) >= 11 is 7.89. The zero-order valence-electron chi connectivity index (χ0n) is 17.5. The maximum atomic E-state index is 13.5. The van der Waals surface area contributed by atoms with Crippen LogP contribution >= 0.6 is 22.9 Å². The van der Waals surface area contributed by atoms with Gasteiger partial charge in [-0.05, 0) is 37.5 Å². The van der Waals surface area contributed by atoms with E-state index in [2.05, 4.69) is 10.00 Å². The van der Waals surface area contributed by atoms with E-state index in [0.717, 1.165) is 60.6 Å². The third kappa shape index (κ3) is 4.23. The number of hydrogen-bond acceptors (Lipinski definition) is 6. The minimum absolute atomic E-state index is 0.0812. The number of thiazole rings is 1. The first-order valence-electron chi connectivity index (χ1n) is 10.1. The third-order valence-corrected chi connectivity index (χ3v) is 6.98. The van der Waals surface area contributed by atoms with Crippen molar-refractivity contribution in [3.63, 3.8) is 0 Å². The molecule has 30 heavy (non-hydrogen) atoms. The van der Waals surface area contributed by atoms with Crippen LogP contribution in [0.5, 0.6) is 0 Å². The maximum Gasteiger partial charge on any atom is 0.278 e. The van der Waals surface area contributed by atoms with Crippen molar-refractivity contribution in [3.05, 3.63) is 40.2 Å². The number of aromatic nitrogens is 3. The van der Waals surface area contributed by atoms with Gasteiger partial charge in [0.25, 0.3) is 5.91 Å². The highest BCUT2D eigenvalue weighted by Crippen LogP contribution is 2.36. The van der Waals surface area contributed by atoms with E-state index in [9.17, 15) is 4.79 Å². The number of hydrogen-bond donors (Lipinski definition) is 0. The van der Waals surface area contributed by atoms with E-state index in [-0.39, 0.29) is 5.91 Å². The summed E-state index contributed by atoms with van der Waals surface area (Å²) in [4.78, 5) is 22.5. The van der Waals surface area contributed by atoms with Crippen LogP contribution in [-0.2, 0) is 11.8 Å². The lowest BCUT2D eigenvalue weighted by atomic mass is 10.2. The minimum atomic E-state index is -0.0812. The number of fused-ring (bicyclic) bond motifs is 1. The van der Waals surface area contributed by atoms with Crippen LogP contribution in [0.25, 0.3) is 10.2 Å². The van der Waals surface area contributed by atoms with E-state index in [4.69, 9.17) is 21.3 Å². The fourth-order valence-electron chi connectivity index (χ4n) is 3.75. The molecule has 3 heterocycles. The second-order valence-electron chi connectivity index (χ2n) is 7.60. The molecule has 0 saturated carbocycles. The number of aryl methyl sites for hydroxylation is 3. The Labute approximate surface area is 185 Å². The number of morpholine rings is 1. The first-order chi connectivity index (χ1) is 14.5. The largest absolute Gasteiger partial charge is 0.379 e. The molecule has 0 aliphatic carbocycles. The smallest absolute Gasteiger partial charge is 0.278 e. The Morgan fingerprint density at radius 1 is 1.27 bits per heavy atom. The topological polar surface area (TPSA) is 63.5 Å². The number of nitrogens with zero attached hydrogens (tertiary/aromatic N) is 5. The summed E-state index contributed by atoms with van der Waals surface area (Å²) in [5, 5.41) is 5.59. The molecule has 1 fully saturated rings. The van der Waals surface area contributed by atoms with Gasteiger partial charge in [-0.3, -0.25) is 19.3 Å². The fourth-order valence-corrected chi connectivity index (χ4v) is 5.09. The van der Waals surface area contributed by atoms with Gasteiger partial charge in [0.15, 0.2) is 5.13 Å². The molecule has 0 bridgehead atoms. The molecule has 1 aromatic carbocycles. The highest BCUT2D eigenvalue weighted by Gasteiger charge is 2.26. The summed E-state index contributed by atoms with van der Waals surface area (Å²) in [6.45, 7) is 8.83. The van der Waals surface area contributed by atoms with Crippen LogP contribution in [0.15, 0.2) is 18.3 Å². The van der Waals surface area contributed by atoms with Crippen LogP contribution in [0.1, 0.15) is 28.0 Å². The Hall–Kier alpha value is -2.00. The highest BCUT2D eigenvalue weighted by molar-refractivity contribution is 7.23. The number of amides is 1. The second kappa shape index (κ2) is 9.01. The molecule has 1 saturated heterocycles. The lowest BCUT2D eigenvalue weighted by Gasteiger charge is -2.27. The number of anilines is 1. The Bertz CT molecular complexity index is 999. The van der Waals surface area contributed by atoms with E-state index >= 15 is 0 Å². The summed E-state index contributed by atoms with van der Waals surface area (Å²) in [7, 11) is 1.80. The summed E-state index contributed by atoms with van der Waals surface area (Å²) in [5.74, 6) is -0.0812. The van der Waals surface area contributed by atoms with Crippen LogP contribution in [0, 0.1) is 13.8 Å². The van der Waals surface area contributed by atoms with Crippen molar-refractivity contribution in [3.8, 4) is 0 Å². The van der Waals surface area contributed by atoms with Crippen LogP contribution in [0.3, 0.4) is 0 Å². The standard InChI is InChI=1S/C21H26ClN5O2S/c1-14-5-6-16(22)19-17(14)24-21(30-19)27(8-4-7-26-9-11-29-12-10-26)20(28)18-15(2)13-23-25(18)3/h5-6,13H,4,7-12H2,1-3H3. The number of rotatable bonds is 6. The van der Waals surface area contributed by atoms with E-state index < -0.39 is 0 Å². The number of ether oxygens (including phenoxy) is 1. The molecule has 0 unspecified atom stereocenters. The van der Waals surface area contributed by atoms with Gasteiger partial charge in [-0.25, -0.2) is 4.98 Å². The predicted octanol–water partition coefficient (Wildman–Crippen LogP) is 3.67. The fraction of sp³-hybridized carbons (Fsp3) is 0.476. The molecule has 1 amide bonds. The van der Waals surface area contributed by atoms with E-state index in [1.165, 1.54) is 11.3 Å². The van der Waals surface area contributed by atoms with Gasteiger partial charge in [0, 0.05) is 33.2 Å². The van der Waals surface area contributed by atoms with Crippen molar-refractivity contribution in [2.24, 2.45) is 7.05 Å². The lowest BCUT2D eigenvalue weighted by Crippen LogP contribution is -2.39. The van der Waals surface area contributed by atoms with Gasteiger partial charge in [0.05, 0.1) is 34.6 Å². The lowest BCUT2D eigenvalue weighted by molar-refractivity contribution is 0.0376. The predicted molar refractivity (Wildman–Crippen MR) is 121 cm³/mol. The molecular weight excluding hydrogens is 422 g/mol. The van der Waals surface area contributed by atoms with Crippen LogP contribution < -0.4 is 4.90 Å². The van der Waals surface area contributed by atoms with Gasteiger partial charge >= 0.3 is 0 Å². The molecule has 2 aromatic heterocycles. The van der Waals surface area contributed by atoms with Crippen molar-refractivity contribution >= 4 is 44.2 Å². The number of benzene rings is 1. The summed E-state index contributed by atoms with van der Waals surface area (Å²) in [5.41, 5.74) is 3.35. The molecule has 1 aliphatic rings. The molecule has 0 spiro atoms. The highest BCUT2D eigenvalue weighted by atomic mass is 35.5. The van der Waals surface area contributed by atoms with Gasteiger partial charge in [0.1, 0.15) is 5.69 Å². The quantitative estimate of drug-likeness (QED) is 0.577. The van der Waals surface area contributed by atoms with Gasteiger partial charge in [-0.15, -0.1) is 0 Å². The van der Waals surface area contributed by atoms with Crippen molar-refractivity contribution in [2.45, 2.75) is 20.3 Å². The maximum absolute atomic E-state index is 13.5. The average Bonchev–Trinajstić information content (AvgIpc) is 3.33. The molecule has 3 aromatic rings. The van der Waals surface area contributed by atoms with Crippen molar-refractivity contribution < 1.29 is 9.53 Å². The summed E-state index contributed by atoms with van der Waals surface area (Å²) in [6.07, 6.45) is 2.57. The van der Waals surface area contributed by atoms with Crippen molar-refractivity contribution in [2.75, 3.05) is 44.3 Å². The molecule has 9 heteroatoms. The molecule has 0 atom stereocenters. The van der Waals surface area contributed by atoms with Crippen LogP contribution in [0.2, 0.25) is 5.02 Å². The van der Waals surface area contributed by atoms with E-state index in [1.54, 1.807) is 22.8 Å². The Morgan fingerprint density at radius 2 is 2.03 bits per heavy atom. The molecule has 0 N–H and O–H groups in total. The summed E-state index contributed by atoms with van der Waals surface area (Å²) < 4.78 is 7.98. The van der Waals surface area contributed by atoms with E-state index in [0.29, 0.717) is 22.4 Å². The van der Waals surface area contributed by atoms with Gasteiger partial charge in [-0.2, -0.15) is 5.10 Å². The summed E-state index contributed by atoms with van der Waals surface area (Å²) in [6, 6.07) is 3.85. The zero-order valence-corrected chi connectivity index (χ0v) is 19.1. The van der Waals surface area contributed by atoms with Crippen molar-refractivity contribution in [1.29, 1.82) is 0 Å². The number of halogens is 1. The van der Waals surface area contributed by atoms with E-state index in [1.807, 2.05) is 26.0 Å². The normalized spacial score (nSPS) is 15.1. The van der Waals surface area contributed by atoms with Crippen LogP contribution in [0.4, 0.5) is 5.13 Å². The van der Waals surface area contributed by atoms with Crippen molar-refractivity contribution in [1.82, 2.24) is 19.7 Å². The number of carbonyl (C=O) groups is 1. The monoisotopic (exact) mass is 447 g/mol. The first-order valence-corrected chi connectivity index (χ1v) is 11.3. The van der Waals surface area contributed by atoms with Crippen LogP contribution in [-0.4, -0.2) is 65.0 Å². The molecule has 7 nitrogen and oxygen atoms in total. The van der Waals surface area contributed by atoms with Gasteiger partial charge < -0.3 is 4.74 Å². The number of carbonyl (C=O) groups excluding carboxylic acids is 1.